The van der Waals surface area contributed by atoms with E-state index in [9.17, 15) is 0 Å². The maximum absolute atomic E-state index is 5.69. The van der Waals surface area contributed by atoms with Crippen LogP contribution in [0, 0.1) is 6.92 Å². The van der Waals surface area contributed by atoms with Gasteiger partial charge >= 0.3 is 0 Å². The molecule has 2 aromatic rings. The average molecular weight is 334 g/mol. The van der Waals surface area contributed by atoms with E-state index in [1.54, 1.807) is 0 Å². The molecule has 0 radical (unpaired) electrons. The van der Waals surface area contributed by atoms with Crippen LogP contribution in [-0.2, 0) is 0 Å². The van der Waals surface area contributed by atoms with Gasteiger partial charge in [0.05, 0.1) is 0 Å². The molecule has 0 amide bonds. The van der Waals surface area contributed by atoms with E-state index in [4.69, 9.17) is 4.74 Å². The zero-order valence-corrected chi connectivity index (χ0v) is 13.5. The molecule has 0 saturated heterocycles. The number of aryl methyl sites for hydroxylation is 1. The second kappa shape index (κ2) is 7.46. The Hall–Kier alpha value is -1.32. The molecule has 3 heteroatoms. The molecule has 2 rings (SSSR count). The molecule has 0 saturated carbocycles. The SMILES string of the molecule is Cc1ccccc1[C@H](C)NCCOc1ccc(Br)cc1. The summed E-state index contributed by atoms with van der Waals surface area (Å²) in [6.45, 7) is 5.82. The normalized spacial score (nSPS) is 12.2. The molecule has 20 heavy (non-hydrogen) atoms. The van der Waals surface area contributed by atoms with Crippen molar-refractivity contribution < 1.29 is 4.74 Å². The molecular formula is C17H20BrNO. The topological polar surface area (TPSA) is 21.3 Å². The molecule has 0 aromatic heterocycles. The van der Waals surface area contributed by atoms with E-state index in [0.717, 1.165) is 16.8 Å². The Morgan fingerprint density at radius 2 is 1.80 bits per heavy atom. The van der Waals surface area contributed by atoms with Gasteiger partial charge in [-0.25, -0.2) is 0 Å². The highest BCUT2D eigenvalue weighted by molar-refractivity contribution is 9.10. The number of hydrogen-bond acceptors (Lipinski definition) is 2. The minimum Gasteiger partial charge on any atom is -0.492 e. The van der Waals surface area contributed by atoms with Crippen molar-refractivity contribution in [2.45, 2.75) is 19.9 Å². The maximum Gasteiger partial charge on any atom is 0.119 e. The first-order valence-electron chi connectivity index (χ1n) is 6.84. The average Bonchev–Trinajstić information content (AvgIpc) is 2.46. The quantitative estimate of drug-likeness (QED) is 0.786. The highest BCUT2D eigenvalue weighted by Crippen LogP contribution is 2.17. The fraction of sp³-hybridized carbons (Fsp3) is 0.294. The van der Waals surface area contributed by atoms with Gasteiger partial charge in [-0.2, -0.15) is 0 Å². The van der Waals surface area contributed by atoms with Crippen molar-refractivity contribution in [3.8, 4) is 5.75 Å². The van der Waals surface area contributed by atoms with Crippen LogP contribution < -0.4 is 10.1 Å². The van der Waals surface area contributed by atoms with Gasteiger partial charge in [-0.1, -0.05) is 40.2 Å². The van der Waals surface area contributed by atoms with Gasteiger partial charge in [0.2, 0.25) is 0 Å². The van der Waals surface area contributed by atoms with Gasteiger partial charge in [0, 0.05) is 17.1 Å². The van der Waals surface area contributed by atoms with Crippen LogP contribution in [0.3, 0.4) is 0 Å². The van der Waals surface area contributed by atoms with E-state index in [-0.39, 0.29) is 0 Å². The third kappa shape index (κ3) is 4.36. The van der Waals surface area contributed by atoms with E-state index in [1.165, 1.54) is 11.1 Å². The van der Waals surface area contributed by atoms with Gasteiger partial charge in [0.1, 0.15) is 12.4 Å². The molecule has 0 fully saturated rings. The third-order valence-electron chi connectivity index (χ3n) is 3.29. The summed E-state index contributed by atoms with van der Waals surface area (Å²) in [4.78, 5) is 0. The molecular weight excluding hydrogens is 314 g/mol. The van der Waals surface area contributed by atoms with Crippen LogP contribution in [0.2, 0.25) is 0 Å². The Bertz CT molecular complexity index is 539. The van der Waals surface area contributed by atoms with Gasteiger partial charge in [0.15, 0.2) is 0 Å². The monoisotopic (exact) mass is 333 g/mol. The molecule has 0 aliphatic heterocycles. The summed E-state index contributed by atoms with van der Waals surface area (Å²) >= 11 is 3.41. The van der Waals surface area contributed by atoms with Crippen LogP contribution in [0.25, 0.3) is 0 Å². The molecule has 0 aliphatic carbocycles. The predicted octanol–water partition coefficient (Wildman–Crippen LogP) is 4.49. The molecule has 0 aliphatic rings. The smallest absolute Gasteiger partial charge is 0.119 e. The van der Waals surface area contributed by atoms with Crippen LogP contribution in [0.1, 0.15) is 24.1 Å². The summed E-state index contributed by atoms with van der Waals surface area (Å²) in [7, 11) is 0. The van der Waals surface area contributed by atoms with Gasteiger partial charge in [-0.3, -0.25) is 0 Å². The second-order valence-corrected chi connectivity index (χ2v) is 5.75. The molecule has 106 valence electrons. The standard InChI is InChI=1S/C17H20BrNO/c1-13-5-3-4-6-17(13)14(2)19-11-12-20-16-9-7-15(18)8-10-16/h3-10,14,19H,11-12H2,1-2H3/t14-/m0/s1. The first-order valence-corrected chi connectivity index (χ1v) is 7.63. The van der Waals surface area contributed by atoms with Crippen LogP contribution in [-0.4, -0.2) is 13.2 Å². The lowest BCUT2D eigenvalue weighted by Gasteiger charge is -2.16. The first-order chi connectivity index (χ1) is 9.66. The minimum absolute atomic E-state index is 0.338. The van der Waals surface area contributed by atoms with E-state index < -0.39 is 0 Å². The number of ether oxygens (including phenoxy) is 1. The molecule has 0 spiro atoms. The van der Waals surface area contributed by atoms with Crippen molar-refractivity contribution in [2.24, 2.45) is 0 Å². The molecule has 2 nitrogen and oxygen atoms in total. The fourth-order valence-electron chi connectivity index (χ4n) is 2.16. The van der Waals surface area contributed by atoms with Gasteiger partial charge < -0.3 is 10.1 Å². The molecule has 0 bridgehead atoms. The minimum atomic E-state index is 0.338. The largest absolute Gasteiger partial charge is 0.492 e. The third-order valence-corrected chi connectivity index (χ3v) is 3.82. The molecule has 2 aromatic carbocycles. The van der Waals surface area contributed by atoms with E-state index in [2.05, 4.69) is 59.4 Å². The number of hydrogen-bond donors (Lipinski definition) is 1. The molecule has 0 unspecified atom stereocenters. The van der Waals surface area contributed by atoms with Crippen LogP contribution in [0.4, 0.5) is 0 Å². The highest BCUT2D eigenvalue weighted by Gasteiger charge is 2.06. The van der Waals surface area contributed by atoms with Crippen molar-refractivity contribution in [1.29, 1.82) is 0 Å². The lowest BCUT2D eigenvalue weighted by Crippen LogP contribution is -2.24. The number of benzene rings is 2. The summed E-state index contributed by atoms with van der Waals surface area (Å²) in [5.41, 5.74) is 2.66. The van der Waals surface area contributed by atoms with Gasteiger partial charge in [-0.05, 0) is 49.2 Å². The lowest BCUT2D eigenvalue weighted by molar-refractivity contribution is 0.307. The Balaban J connectivity index is 1.76. The molecule has 1 N–H and O–H groups in total. The molecule has 0 heterocycles. The Morgan fingerprint density at radius 1 is 1.10 bits per heavy atom. The van der Waals surface area contributed by atoms with Crippen LogP contribution >= 0.6 is 15.9 Å². The van der Waals surface area contributed by atoms with Crippen LogP contribution in [0.15, 0.2) is 53.0 Å². The zero-order valence-electron chi connectivity index (χ0n) is 11.9. The first kappa shape index (κ1) is 15.1. The molecule has 1 atom stereocenters. The lowest BCUT2D eigenvalue weighted by atomic mass is 10.0. The summed E-state index contributed by atoms with van der Waals surface area (Å²) in [6.07, 6.45) is 0. The van der Waals surface area contributed by atoms with Crippen molar-refractivity contribution in [3.05, 3.63) is 64.1 Å². The van der Waals surface area contributed by atoms with Crippen molar-refractivity contribution >= 4 is 15.9 Å². The number of rotatable bonds is 6. The Kier molecular flexibility index (Phi) is 5.62. The van der Waals surface area contributed by atoms with Gasteiger partial charge in [-0.15, -0.1) is 0 Å². The second-order valence-electron chi connectivity index (χ2n) is 4.83. The summed E-state index contributed by atoms with van der Waals surface area (Å²) in [5, 5.41) is 3.49. The van der Waals surface area contributed by atoms with E-state index >= 15 is 0 Å². The van der Waals surface area contributed by atoms with Gasteiger partial charge in [0.25, 0.3) is 0 Å². The fourth-order valence-corrected chi connectivity index (χ4v) is 2.42. The van der Waals surface area contributed by atoms with Crippen molar-refractivity contribution in [3.63, 3.8) is 0 Å². The van der Waals surface area contributed by atoms with E-state index in [1.807, 2.05) is 24.3 Å². The number of halogens is 1. The Labute approximate surface area is 129 Å². The summed E-state index contributed by atoms with van der Waals surface area (Å²) in [6, 6.07) is 16.7. The Morgan fingerprint density at radius 3 is 2.50 bits per heavy atom. The summed E-state index contributed by atoms with van der Waals surface area (Å²) in [5.74, 6) is 0.901. The predicted molar refractivity (Wildman–Crippen MR) is 87.2 cm³/mol. The maximum atomic E-state index is 5.69. The highest BCUT2D eigenvalue weighted by atomic mass is 79.9. The zero-order chi connectivity index (χ0) is 14.4. The van der Waals surface area contributed by atoms with Crippen molar-refractivity contribution in [2.75, 3.05) is 13.2 Å². The van der Waals surface area contributed by atoms with E-state index in [0.29, 0.717) is 12.6 Å². The number of nitrogens with one attached hydrogen (secondary N) is 1. The summed E-state index contributed by atoms with van der Waals surface area (Å²) < 4.78 is 6.76. The van der Waals surface area contributed by atoms with Crippen molar-refractivity contribution in [1.82, 2.24) is 5.32 Å². The van der Waals surface area contributed by atoms with Crippen LogP contribution in [0.5, 0.6) is 5.75 Å².